The molecule has 0 saturated carbocycles. The minimum atomic E-state index is 0.488. The summed E-state index contributed by atoms with van der Waals surface area (Å²) in [5.74, 6) is 0.809. The maximum atomic E-state index is 5.25. The predicted octanol–water partition coefficient (Wildman–Crippen LogP) is 2.85. The molecule has 1 nitrogen and oxygen atoms in total. The van der Waals surface area contributed by atoms with E-state index < -0.39 is 0 Å². The number of methoxy groups -OCH3 is 1. The summed E-state index contributed by atoms with van der Waals surface area (Å²) in [5, 5.41) is 0. The Morgan fingerprint density at radius 3 is 2.10 bits per heavy atom. The minimum Gasteiger partial charge on any atom is -0.381 e. The summed E-state index contributed by atoms with van der Waals surface area (Å²) in [6.45, 7) is 6.68. The molecule has 1 atom stereocenters. The van der Waals surface area contributed by atoms with Crippen molar-refractivity contribution in [3.8, 4) is 0 Å². The van der Waals surface area contributed by atoms with Crippen LogP contribution in [0.3, 0.4) is 0 Å². The van der Waals surface area contributed by atoms with Gasteiger partial charge in [-0.3, -0.25) is 0 Å². The first-order valence-electron chi connectivity index (χ1n) is 4.23. The highest BCUT2D eigenvalue weighted by atomic mass is 16.5. The van der Waals surface area contributed by atoms with Gasteiger partial charge < -0.3 is 4.74 Å². The van der Waals surface area contributed by atoms with E-state index in [4.69, 9.17) is 4.74 Å². The van der Waals surface area contributed by atoms with Gasteiger partial charge in [-0.25, -0.2) is 0 Å². The van der Waals surface area contributed by atoms with Gasteiger partial charge >= 0.3 is 0 Å². The smallest absolute Gasteiger partial charge is 0.0568 e. The molecule has 0 aromatic heterocycles. The molecule has 62 valence electrons. The summed E-state index contributed by atoms with van der Waals surface area (Å²) < 4.78 is 5.25. The van der Waals surface area contributed by atoms with Gasteiger partial charge in [-0.05, 0) is 25.2 Å². The van der Waals surface area contributed by atoms with Gasteiger partial charge in [0, 0.05) is 7.11 Å². The summed E-state index contributed by atoms with van der Waals surface area (Å²) in [6.07, 6.45) is 4.13. The lowest BCUT2D eigenvalue weighted by Gasteiger charge is -2.13. The molecule has 0 bridgehead atoms. The highest BCUT2D eigenvalue weighted by molar-refractivity contribution is 4.56. The molecule has 0 rings (SSSR count). The van der Waals surface area contributed by atoms with Crippen LogP contribution in [0.5, 0.6) is 0 Å². The van der Waals surface area contributed by atoms with Gasteiger partial charge in [0.2, 0.25) is 0 Å². The molecule has 10 heavy (non-hydrogen) atoms. The molecule has 0 fully saturated rings. The van der Waals surface area contributed by atoms with Crippen LogP contribution in [0.15, 0.2) is 0 Å². The lowest BCUT2D eigenvalue weighted by Crippen LogP contribution is -2.09. The number of ether oxygens (including phenoxy) is 1. The third kappa shape index (κ3) is 4.80. The van der Waals surface area contributed by atoms with Gasteiger partial charge in [0.25, 0.3) is 0 Å². The van der Waals surface area contributed by atoms with Crippen LogP contribution in [-0.4, -0.2) is 13.2 Å². The molecule has 0 amide bonds. The monoisotopic (exact) mass is 144 g/mol. The van der Waals surface area contributed by atoms with Crippen LogP contribution >= 0.6 is 0 Å². The molecule has 1 heteroatoms. The summed E-state index contributed by atoms with van der Waals surface area (Å²) in [7, 11) is 1.80. The van der Waals surface area contributed by atoms with Crippen molar-refractivity contribution in [2.45, 2.75) is 46.1 Å². The molecule has 0 radical (unpaired) electrons. The summed E-state index contributed by atoms with van der Waals surface area (Å²) in [6, 6.07) is 0. The Kier molecular flexibility index (Phi) is 5.70. The molecule has 0 N–H and O–H groups in total. The van der Waals surface area contributed by atoms with Crippen LogP contribution in [-0.2, 0) is 4.74 Å². The predicted molar refractivity (Wildman–Crippen MR) is 45.2 cm³/mol. The number of hydrogen-bond donors (Lipinski definition) is 0. The molecule has 0 aromatic rings. The van der Waals surface area contributed by atoms with E-state index >= 15 is 0 Å². The normalized spacial score (nSPS) is 14.1. The Labute approximate surface area is 64.8 Å². The fraction of sp³-hybridized carbons (Fsp3) is 1.00. The van der Waals surface area contributed by atoms with Gasteiger partial charge in [-0.15, -0.1) is 0 Å². The maximum Gasteiger partial charge on any atom is 0.0568 e. The third-order valence-corrected chi connectivity index (χ3v) is 1.85. The van der Waals surface area contributed by atoms with Gasteiger partial charge in [-0.2, -0.15) is 0 Å². The van der Waals surface area contributed by atoms with E-state index in [1.165, 1.54) is 12.8 Å². The fourth-order valence-electron chi connectivity index (χ4n) is 1.01. The lowest BCUT2D eigenvalue weighted by molar-refractivity contribution is 0.0873. The highest BCUT2D eigenvalue weighted by Gasteiger charge is 2.04. The van der Waals surface area contributed by atoms with Crippen molar-refractivity contribution >= 4 is 0 Å². The average Bonchev–Trinajstić information content (AvgIpc) is 1.90. The van der Waals surface area contributed by atoms with Gasteiger partial charge in [0.15, 0.2) is 0 Å². The van der Waals surface area contributed by atoms with Crippen molar-refractivity contribution in [1.82, 2.24) is 0 Å². The summed E-state index contributed by atoms with van der Waals surface area (Å²) in [5.41, 5.74) is 0. The first kappa shape index (κ1) is 9.96. The summed E-state index contributed by atoms with van der Waals surface area (Å²) >= 11 is 0. The van der Waals surface area contributed by atoms with Crippen molar-refractivity contribution in [3.05, 3.63) is 0 Å². The molecular weight excluding hydrogens is 124 g/mol. The minimum absolute atomic E-state index is 0.488. The molecular formula is C9H20O. The zero-order valence-electron chi connectivity index (χ0n) is 7.68. The lowest BCUT2D eigenvalue weighted by atomic mass is 10.0. The second kappa shape index (κ2) is 5.72. The van der Waals surface area contributed by atoms with Crippen molar-refractivity contribution in [2.24, 2.45) is 5.92 Å². The molecule has 1 unspecified atom stereocenters. The fourth-order valence-corrected chi connectivity index (χ4v) is 1.01. The third-order valence-electron chi connectivity index (χ3n) is 1.85. The molecule has 0 aliphatic rings. The van der Waals surface area contributed by atoms with Gasteiger partial charge in [-0.1, -0.05) is 20.8 Å². The largest absolute Gasteiger partial charge is 0.381 e. The topological polar surface area (TPSA) is 9.23 Å². The van der Waals surface area contributed by atoms with E-state index in [2.05, 4.69) is 20.8 Å². The quantitative estimate of drug-likeness (QED) is 0.576. The van der Waals surface area contributed by atoms with Crippen molar-refractivity contribution in [2.75, 3.05) is 7.11 Å². The Morgan fingerprint density at radius 2 is 1.80 bits per heavy atom. The first-order valence-corrected chi connectivity index (χ1v) is 4.23. The van der Waals surface area contributed by atoms with Gasteiger partial charge in [0.05, 0.1) is 6.10 Å². The van der Waals surface area contributed by atoms with Crippen molar-refractivity contribution < 1.29 is 4.74 Å². The van der Waals surface area contributed by atoms with E-state index in [-0.39, 0.29) is 0 Å². The zero-order valence-corrected chi connectivity index (χ0v) is 7.68. The van der Waals surface area contributed by atoms with Crippen molar-refractivity contribution in [1.29, 1.82) is 0 Å². The van der Waals surface area contributed by atoms with E-state index in [9.17, 15) is 0 Å². The van der Waals surface area contributed by atoms with Crippen molar-refractivity contribution in [3.63, 3.8) is 0 Å². The Balaban J connectivity index is 3.26. The van der Waals surface area contributed by atoms with Gasteiger partial charge in [0.1, 0.15) is 0 Å². The van der Waals surface area contributed by atoms with E-state index in [0.29, 0.717) is 6.10 Å². The Hall–Kier alpha value is -0.0400. The highest BCUT2D eigenvalue weighted by Crippen LogP contribution is 2.10. The van der Waals surface area contributed by atoms with E-state index in [1.807, 2.05) is 0 Å². The van der Waals surface area contributed by atoms with Crippen LogP contribution < -0.4 is 0 Å². The molecule has 0 aliphatic carbocycles. The van der Waals surface area contributed by atoms with Crippen LogP contribution in [0.4, 0.5) is 0 Å². The number of hydrogen-bond acceptors (Lipinski definition) is 1. The number of rotatable bonds is 5. The standard InChI is InChI=1S/C9H20O/c1-5-9(10-4)7-6-8(2)3/h8-9H,5-7H2,1-4H3. The molecule has 0 heterocycles. The van der Waals surface area contributed by atoms with Crippen LogP contribution in [0.1, 0.15) is 40.0 Å². The Bertz CT molecular complexity index is 65.1. The second-order valence-corrected chi connectivity index (χ2v) is 3.24. The SMILES string of the molecule is CCC(CCC(C)C)OC. The molecule has 0 aliphatic heterocycles. The molecule has 0 saturated heterocycles. The Morgan fingerprint density at radius 1 is 1.20 bits per heavy atom. The van der Waals surface area contributed by atoms with Crippen LogP contribution in [0.25, 0.3) is 0 Å². The van der Waals surface area contributed by atoms with E-state index in [0.717, 1.165) is 12.3 Å². The second-order valence-electron chi connectivity index (χ2n) is 3.24. The molecule has 0 aromatic carbocycles. The van der Waals surface area contributed by atoms with Crippen LogP contribution in [0, 0.1) is 5.92 Å². The summed E-state index contributed by atoms with van der Waals surface area (Å²) in [4.78, 5) is 0. The molecule has 0 spiro atoms. The zero-order chi connectivity index (χ0) is 7.98. The van der Waals surface area contributed by atoms with E-state index in [1.54, 1.807) is 7.11 Å². The first-order chi connectivity index (χ1) is 4.70. The average molecular weight is 144 g/mol. The van der Waals surface area contributed by atoms with Crippen LogP contribution in [0.2, 0.25) is 0 Å². The maximum absolute atomic E-state index is 5.25.